The highest BCUT2D eigenvalue weighted by Gasteiger charge is 2.39. The fourth-order valence-electron chi connectivity index (χ4n) is 2.56. The second-order valence-corrected chi connectivity index (χ2v) is 4.97. The minimum atomic E-state index is -0.326. The van der Waals surface area contributed by atoms with Gasteiger partial charge in [-0.25, -0.2) is 0 Å². The van der Waals surface area contributed by atoms with Crippen LogP contribution in [0.1, 0.15) is 23.5 Å². The first-order valence-corrected chi connectivity index (χ1v) is 6.69. The number of hydrogen-bond donors (Lipinski definition) is 0. The first-order valence-electron chi connectivity index (χ1n) is 6.69. The van der Waals surface area contributed by atoms with Gasteiger partial charge >= 0.3 is 0 Å². The van der Waals surface area contributed by atoms with Crippen LogP contribution in [0.5, 0.6) is 0 Å². The van der Waals surface area contributed by atoms with Crippen molar-refractivity contribution in [3.05, 3.63) is 71.8 Å². The maximum Gasteiger partial charge on any atom is 0.237 e. The van der Waals surface area contributed by atoms with Crippen LogP contribution in [0.3, 0.4) is 0 Å². The van der Waals surface area contributed by atoms with Crippen molar-refractivity contribution in [1.29, 1.82) is 0 Å². The molecule has 0 spiro atoms. The summed E-state index contributed by atoms with van der Waals surface area (Å²) in [6.45, 7) is 0.363. The van der Waals surface area contributed by atoms with E-state index >= 15 is 0 Å². The molecule has 3 nitrogen and oxygen atoms in total. The highest BCUT2D eigenvalue weighted by Crippen LogP contribution is 2.30. The molecule has 0 aliphatic carbocycles. The van der Waals surface area contributed by atoms with Gasteiger partial charge in [-0.3, -0.25) is 14.5 Å². The van der Waals surface area contributed by atoms with Gasteiger partial charge in [0.2, 0.25) is 11.8 Å². The van der Waals surface area contributed by atoms with Crippen molar-refractivity contribution in [2.75, 3.05) is 0 Å². The van der Waals surface area contributed by atoms with Crippen LogP contribution in [0.15, 0.2) is 60.7 Å². The number of benzene rings is 2. The molecule has 1 heterocycles. The molecule has 1 aliphatic heterocycles. The minimum absolute atomic E-state index is 0.0901. The number of amides is 2. The van der Waals surface area contributed by atoms with Crippen molar-refractivity contribution < 1.29 is 9.59 Å². The molecule has 3 rings (SSSR count). The van der Waals surface area contributed by atoms with Crippen LogP contribution >= 0.6 is 0 Å². The Hall–Kier alpha value is -2.42. The summed E-state index contributed by atoms with van der Waals surface area (Å²) in [5.74, 6) is -0.509. The first-order chi connectivity index (χ1) is 9.75. The van der Waals surface area contributed by atoms with Crippen molar-refractivity contribution >= 4 is 11.8 Å². The summed E-state index contributed by atoms with van der Waals surface area (Å²) in [6, 6.07) is 19.1. The fraction of sp³-hybridized carbons (Fsp3) is 0.176. The van der Waals surface area contributed by atoms with E-state index in [1.807, 2.05) is 60.7 Å². The summed E-state index contributed by atoms with van der Waals surface area (Å²) >= 11 is 0. The molecule has 0 bridgehead atoms. The normalized spacial score (nSPS) is 18.6. The number of nitrogens with zero attached hydrogens (tertiary/aromatic N) is 1. The molecule has 2 aromatic rings. The molecule has 1 aliphatic rings. The summed E-state index contributed by atoms with van der Waals surface area (Å²) in [7, 11) is 0. The van der Waals surface area contributed by atoms with Crippen molar-refractivity contribution in [3.63, 3.8) is 0 Å². The Labute approximate surface area is 117 Å². The van der Waals surface area contributed by atoms with E-state index in [0.29, 0.717) is 6.54 Å². The van der Waals surface area contributed by atoms with Gasteiger partial charge in [0.25, 0.3) is 0 Å². The monoisotopic (exact) mass is 265 g/mol. The van der Waals surface area contributed by atoms with Gasteiger partial charge in [0.1, 0.15) is 0 Å². The molecule has 1 fully saturated rings. The van der Waals surface area contributed by atoms with Gasteiger partial charge < -0.3 is 0 Å². The number of likely N-dealkylation sites (tertiary alicyclic amines) is 1. The van der Waals surface area contributed by atoms with E-state index in [4.69, 9.17) is 0 Å². The van der Waals surface area contributed by atoms with Crippen molar-refractivity contribution in [2.45, 2.75) is 18.9 Å². The van der Waals surface area contributed by atoms with Gasteiger partial charge in [-0.2, -0.15) is 0 Å². The second-order valence-electron chi connectivity index (χ2n) is 4.97. The largest absolute Gasteiger partial charge is 0.278 e. The van der Waals surface area contributed by atoms with Crippen molar-refractivity contribution in [2.24, 2.45) is 0 Å². The molecule has 0 aromatic heterocycles. The molecule has 1 saturated heterocycles. The second kappa shape index (κ2) is 5.29. The summed E-state index contributed by atoms with van der Waals surface area (Å²) in [4.78, 5) is 25.9. The number of imide groups is 1. The molecule has 2 aromatic carbocycles. The summed E-state index contributed by atoms with van der Waals surface area (Å²) in [5, 5.41) is 0. The Bertz CT molecular complexity index is 622. The third kappa shape index (κ3) is 2.35. The fourth-order valence-corrected chi connectivity index (χ4v) is 2.56. The molecular weight excluding hydrogens is 250 g/mol. The molecule has 100 valence electrons. The zero-order chi connectivity index (χ0) is 13.9. The predicted molar refractivity (Wildman–Crippen MR) is 75.8 cm³/mol. The third-order valence-electron chi connectivity index (χ3n) is 3.63. The Morgan fingerprint density at radius 2 is 1.50 bits per heavy atom. The molecule has 20 heavy (non-hydrogen) atoms. The molecule has 0 unspecified atom stereocenters. The van der Waals surface area contributed by atoms with Gasteiger partial charge in [0, 0.05) is 6.42 Å². The van der Waals surface area contributed by atoms with E-state index in [-0.39, 0.29) is 24.2 Å². The van der Waals surface area contributed by atoms with E-state index in [1.54, 1.807) is 0 Å². The van der Waals surface area contributed by atoms with E-state index < -0.39 is 0 Å². The number of carbonyl (C=O) groups excluding carboxylic acids is 2. The molecule has 3 heteroatoms. The maximum atomic E-state index is 12.4. The predicted octanol–water partition coefficient (Wildman–Crippen LogP) is 2.73. The molecule has 2 amide bonds. The lowest BCUT2D eigenvalue weighted by Gasteiger charge is -2.15. The summed E-state index contributed by atoms with van der Waals surface area (Å²) < 4.78 is 0. The maximum absolute atomic E-state index is 12.4. The number of rotatable bonds is 3. The Balaban J connectivity index is 1.81. The van der Waals surface area contributed by atoms with Crippen molar-refractivity contribution in [1.82, 2.24) is 4.90 Å². The van der Waals surface area contributed by atoms with E-state index in [9.17, 15) is 9.59 Å². The highest BCUT2D eigenvalue weighted by molar-refractivity contribution is 6.06. The minimum Gasteiger partial charge on any atom is -0.278 e. The lowest BCUT2D eigenvalue weighted by Crippen LogP contribution is -2.29. The Morgan fingerprint density at radius 3 is 2.15 bits per heavy atom. The van der Waals surface area contributed by atoms with Gasteiger partial charge in [-0.1, -0.05) is 60.7 Å². The Morgan fingerprint density at radius 1 is 0.900 bits per heavy atom. The van der Waals surface area contributed by atoms with Gasteiger partial charge in [0.05, 0.1) is 12.5 Å². The summed E-state index contributed by atoms with van der Waals surface area (Å²) in [6.07, 6.45) is 0.273. The van der Waals surface area contributed by atoms with Crippen LogP contribution < -0.4 is 0 Å². The number of carbonyl (C=O) groups is 2. The molecule has 0 radical (unpaired) electrons. The van der Waals surface area contributed by atoms with Crippen LogP contribution in [-0.2, 0) is 16.1 Å². The average Bonchev–Trinajstić information content (AvgIpc) is 2.77. The van der Waals surface area contributed by atoms with Crippen LogP contribution in [0.2, 0.25) is 0 Å². The lowest BCUT2D eigenvalue weighted by molar-refractivity contribution is -0.139. The average molecular weight is 265 g/mol. The van der Waals surface area contributed by atoms with Crippen LogP contribution in [-0.4, -0.2) is 16.7 Å². The summed E-state index contributed by atoms with van der Waals surface area (Å²) in [5.41, 5.74) is 1.89. The zero-order valence-corrected chi connectivity index (χ0v) is 11.0. The zero-order valence-electron chi connectivity index (χ0n) is 11.0. The van der Waals surface area contributed by atoms with Crippen LogP contribution in [0.4, 0.5) is 0 Å². The van der Waals surface area contributed by atoms with Crippen LogP contribution in [0, 0.1) is 0 Å². The van der Waals surface area contributed by atoms with Crippen LogP contribution in [0.25, 0.3) is 0 Å². The van der Waals surface area contributed by atoms with E-state index in [1.165, 1.54) is 4.90 Å². The Kier molecular flexibility index (Phi) is 3.33. The highest BCUT2D eigenvalue weighted by atomic mass is 16.2. The molecular formula is C17H15NO2. The standard InChI is InChI=1S/C17H15NO2/c19-16-11-15(14-9-5-2-6-10-14)17(20)18(16)12-13-7-3-1-4-8-13/h1-10,15H,11-12H2/t15-/m1/s1. The third-order valence-corrected chi connectivity index (χ3v) is 3.63. The number of hydrogen-bond acceptors (Lipinski definition) is 2. The van der Waals surface area contributed by atoms with Crippen molar-refractivity contribution in [3.8, 4) is 0 Å². The van der Waals surface area contributed by atoms with E-state index in [2.05, 4.69) is 0 Å². The smallest absolute Gasteiger partial charge is 0.237 e. The van der Waals surface area contributed by atoms with E-state index in [0.717, 1.165) is 11.1 Å². The quantitative estimate of drug-likeness (QED) is 0.800. The van der Waals surface area contributed by atoms with Gasteiger partial charge in [0.15, 0.2) is 0 Å². The lowest BCUT2D eigenvalue weighted by atomic mass is 9.98. The van der Waals surface area contributed by atoms with Gasteiger partial charge in [-0.15, -0.1) is 0 Å². The SMILES string of the molecule is O=C1C[C@H](c2ccccc2)C(=O)N1Cc1ccccc1. The molecule has 0 N–H and O–H groups in total. The molecule has 0 saturated carbocycles. The first kappa shape index (κ1) is 12.6. The van der Waals surface area contributed by atoms with Gasteiger partial charge in [-0.05, 0) is 11.1 Å². The molecule has 1 atom stereocenters. The topological polar surface area (TPSA) is 37.4 Å².